The molecule has 0 saturated heterocycles. The van der Waals surface area contributed by atoms with Crippen molar-refractivity contribution in [2.24, 2.45) is 0 Å². The van der Waals surface area contributed by atoms with Gasteiger partial charge in [0.15, 0.2) is 11.5 Å². The Morgan fingerprint density at radius 1 is 0.458 bits per heavy atom. The average molecular weight is 649 g/mol. The molecule has 4 heterocycles. The first-order valence-electron chi connectivity index (χ1n) is 16.2. The highest BCUT2D eigenvalue weighted by Gasteiger charge is 2.38. The lowest BCUT2D eigenvalue weighted by atomic mass is 9.36. The summed E-state index contributed by atoms with van der Waals surface area (Å²) < 4.78 is 9.06. The van der Waals surface area contributed by atoms with E-state index < -0.39 is 0 Å². The van der Waals surface area contributed by atoms with E-state index in [-0.39, 0.29) is 6.71 Å². The maximum Gasteiger partial charge on any atom is 0.247 e. The van der Waals surface area contributed by atoms with E-state index in [1.54, 1.807) is 0 Å². The fraction of sp³-hybridized carbons (Fsp3) is 0. The second kappa shape index (κ2) is 10.1. The third-order valence-corrected chi connectivity index (χ3v) is 12.2. The van der Waals surface area contributed by atoms with Crippen LogP contribution in [0.4, 0.5) is 17.1 Å². The Hall–Kier alpha value is -5.30. The topological polar surface area (TPSA) is 17.4 Å². The molecule has 48 heavy (non-hydrogen) atoms. The molecule has 6 heteroatoms. The smallest absolute Gasteiger partial charge is 0.247 e. The van der Waals surface area contributed by atoms with Crippen LogP contribution in [0.3, 0.4) is 0 Å². The molecule has 0 N–H and O–H groups in total. The molecule has 224 valence electrons. The van der Waals surface area contributed by atoms with Gasteiger partial charge < -0.3 is 14.2 Å². The number of anilines is 3. The van der Waals surface area contributed by atoms with Crippen molar-refractivity contribution in [3.63, 3.8) is 0 Å². The van der Waals surface area contributed by atoms with Gasteiger partial charge in [-0.3, -0.25) is 0 Å². The maximum absolute atomic E-state index is 6.62. The van der Waals surface area contributed by atoms with Gasteiger partial charge in [-0.2, -0.15) is 0 Å². The first kappa shape index (κ1) is 26.7. The molecule has 3 nitrogen and oxygen atoms in total. The summed E-state index contributed by atoms with van der Waals surface area (Å²) in [6.07, 6.45) is 0. The van der Waals surface area contributed by atoms with Crippen LogP contribution in [-0.4, -0.2) is 11.3 Å². The van der Waals surface area contributed by atoms with Crippen molar-refractivity contribution < 1.29 is 4.74 Å². The monoisotopic (exact) mass is 648 g/mol. The van der Waals surface area contributed by atoms with Crippen LogP contribution in [0.2, 0.25) is 0 Å². The predicted octanol–water partition coefficient (Wildman–Crippen LogP) is 9.80. The Bertz CT molecular complexity index is 2630. The van der Waals surface area contributed by atoms with Crippen molar-refractivity contribution >= 4 is 85.5 Å². The molecule has 0 amide bonds. The minimum Gasteiger partial charge on any atom is -0.453 e. The predicted molar refractivity (Wildman–Crippen MR) is 201 cm³/mol. The van der Waals surface area contributed by atoms with Crippen LogP contribution < -0.4 is 26.0 Å². The molecule has 7 aromatic carbocycles. The van der Waals surface area contributed by atoms with Gasteiger partial charge in [-0.15, -0.1) is 0 Å². The third-order valence-electron chi connectivity index (χ3n) is 9.89. The number of aromatic nitrogens is 1. The van der Waals surface area contributed by atoms with Gasteiger partial charge >= 0.3 is 0 Å². The summed E-state index contributed by atoms with van der Waals surface area (Å²) in [6.45, 7) is 0.237. The molecule has 0 unspecified atom stereocenters. The lowest BCUT2D eigenvalue weighted by Gasteiger charge is -2.33. The molecule has 0 spiro atoms. The third kappa shape index (κ3) is 3.76. The highest BCUT2D eigenvalue weighted by molar-refractivity contribution is 8.01. The Labute approximate surface area is 286 Å². The second-order valence-electron chi connectivity index (χ2n) is 12.5. The van der Waals surface area contributed by atoms with E-state index in [1.165, 1.54) is 52.3 Å². The number of hydrogen-bond acceptors (Lipinski definition) is 4. The van der Waals surface area contributed by atoms with Crippen LogP contribution >= 0.6 is 23.5 Å². The number of benzene rings is 7. The fourth-order valence-corrected chi connectivity index (χ4v) is 10.3. The minimum absolute atomic E-state index is 0.237. The van der Waals surface area contributed by atoms with Gasteiger partial charge in [-0.05, 0) is 78.3 Å². The molecule has 3 aliphatic heterocycles. The normalized spacial score (nSPS) is 13.8. The summed E-state index contributed by atoms with van der Waals surface area (Å²) in [5, 5.41) is 2.39. The van der Waals surface area contributed by atoms with Crippen molar-refractivity contribution in [3.05, 3.63) is 152 Å². The number of para-hydroxylation sites is 4. The molecule has 11 rings (SSSR count). The second-order valence-corrected chi connectivity index (χ2v) is 14.7. The minimum atomic E-state index is 0.237. The summed E-state index contributed by atoms with van der Waals surface area (Å²) in [7, 11) is 0. The molecule has 0 atom stereocenters. The van der Waals surface area contributed by atoms with Gasteiger partial charge in [0.25, 0.3) is 0 Å². The fourth-order valence-electron chi connectivity index (χ4n) is 7.85. The van der Waals surface area contributed by atoms with Gasteiger partial charge in [-0.1, -0.05) is 113 Å². The highest BCUT2D eigenvalue weighted by Crippen LogP contribution is 2.52. The van der Waals surface area contributed by atoms with Crippen LogP contribution in [-0.2, 0) is 0 Å². The van der Waals surface area contributed by atoms with E-state index in [2.05, 4.69) is 155 Å². The van der Waals surface area contributed by atoms with Crippen LogP contribution in [0.15, 0.2) is 171 Å². The lowest BCUT2D eigenvalue weighted by molar-refractivity contribution is 0.478. The molecule has 0 fully saturated rings. The molecule has 0 radical (unpaired) electrons. The Morgan fingerprint density at radius 3 is 2.10 bits per heavy atom. The van der Waals surface area contributed by atoms with Crippen molar-refractivity contribution in [2.75, 3.05) is 4.90 Å². The summed E-state index contributed by atoms with van der Waals surface area (Å²) in [6, 6.07) is 55.0. The summed E-state index contributed by atoms with van der Waals surface area (Å²) >= 11 is 3.81. The number of hydrogen-bond donors (Lipinski definition) is 0. The van der Waals surface area contributed by atoms with E-state index in [9.17, 15) is 0 Å². The van der Waals surface area contributed by atoms with Crippen LogP contribution in [0, 0.1) is 0 Å². The zero-order valence-corrected chi connectivity index (χ0v) is 27.3. The van der Waals surface area contributed by atoms with E-state index >= 15 is 0 Å². The van der Waals surface area contributed by atoms with Crippen LogP contribution in [0.5, 0.6) is 11.5 Å². The Morgan fingerprint density at radius 2 is 1.19 bits per heavy atom. The SMILES string of the molecule is c1ccc(N2c3ccccc3Oc3cc4c5ccccc5n(-c5ccc6c(c5)Sc5cccc7c5B6c5ccccc5S7)c4cc32)cc1. The standard InChI is InChI=1S/C42H25BN2OS2/c1-2-11-26(12-3-1)44-33-16-7-8-17-36(33)46-37-24-29-28-13-4-6-15-32(28)45(34(29)25-35(37)44)27-21-22-31-41(23-27)48-40-20-10-19-39-42(40)43(31)30-14-5-9-18-38(30)47-39/h1-25H. The highest BCUT2D eigenvalue weighted by atomic mass is 32.2. The molecule has 0 bridgehead atoms. The molecule has 8 aromatic rings. The quantitative estimate of drug-likeness (QED) is 0.174. The van der Waals surface area contributed by atoms with Crippen molar-refractivity contribution in [2.45, 2.75) is 19.6 Å². The number of rotatable bonds is 2. The summed E-state index contributed by atoms with van der Waals surface area (Å²) in [5.74, 6) is 1.71. The van der Waals surface area contributed by atoms with Gasteiger partial charge in [-0.25, -0.2) is 0 Å². The molecule has 3 aliphatic rings. The molecule has 0 aliphatic carbocycles. The summed E-state index contributed by atoms with van der Waals surface area (Å²) in [5.41, 5.74) is 10.9. The maximum atomic E-state index is 6.62. The Balaban J connectivity index is 1.14. The number of fused-ring (bicyclic) bond motifs is 9. The van der Waals surface area contributed by atoms with E-state index in [4.69, 9.17) is 4.74 Å². The van der Waals surface area contributed by atoms with Crippen LogP contribution in [0.25, 0.3) is 27.5 Å². The first-order valence-corrected chi connectivity index (χ1v) is 17.8. The number of nitrogens with zero attached hydrogens (tertiary/aromatic N) is 2. The van der Waals surface area contributed by atoms with Gasteiger partial charge in [0, 0.05) is 41.7 Å². The molecular formula is C42H25BN2OS2. The number of ether oxygens (including phenoxy) is 1. The Kier molecular flexibility index (Phi) is 5.63. The zero-order chi connectivity index (χ0) is 31.3. The van der Waals surface area contributed by atoms with Crippen LogP contribution in [0.1, 0.15) is 0 Å². The zero-order valence-electron chi connectivity index (χ0n) is 25.6. The first-order chi connectivity index (χ1) is 23.8. The van der Waals surface area contributed by atoms with Crippen molar-refractivity contribution in [3.8, 4) is 17.2 Å². The van der Waals surface area contributed by atoms with Gasteiger partial charge in [0.2, 0.25) is 6.71 Å². The lowest BCUT2D eigenvalue weighted by Crippen LogP contribution is -2.57. The van der Waals surface area contributed by atoms with Gasteiger partial charge in [0.1, 0.15) is 0 Å². The van der Waals surface area contributed by atoms with E-state index in [0.717, 1.165) is 39.8 Å². The molecular weight excluding hydrogens is 623 g/mol. The summed E-state index contributed by atoms with van der Waals surface area (Å²) in [4.78, 5) is 7.72. The van der Waals surface area contributed by atoms with E-state index in [0.29, 0.717) is 0 Å². The molecule has 0 saturated carbocycles. The average Bonchev–Trinajstić information content (AvgIpc) is 3.46. The molecule has 1 aromatic heterocycles. The largest absolute Gasteiger partial charge is 0.453 e. The van der Waals surface area contributed by atoms with E-state index in [1.807, 2.05) is 29.6 Å². The van der Waals surface area contributed by atoms with Gasteiger partial charge in [0.05, 0.1) is 22.4 Å². The van der Waals surface area contributed by atoms with Crippen molar-refractivity contribution in [1.82, 2.24) is 4.57 Å². The van der Waals surface area contributed by atoms with Crippen molar-refractivity contribution in [1.29, 1.82) is 0 Å².